The molecule has 10 nitrogen and oxygen atoms in total. The highest BCUT2D eigenvalue weighted by molar-refractivity contribution is 5.90. The molecule has 6 rings (SSSR count). The Labute approximate surface area is 221 Å². The quantitative estimate of drug-likeness (QED) is 0.357. The van der Waals surface area contributed by atoms with E-state index in [1.165, 1.54) is 0 Å². The van der Waals surface area contributed by atoms with Gasteiger partial charge in [0.1, 0.15) is 0 Å². The monoisotopic (exact) mass is 522 g/mol. The molecule has 38 heavy (non-hydrogen) atoms. The fourth-order valence-corrected chi connectivity index (χ4v) is 5.58. The summed E-state index contributed by atoms with van der Waals surface area (Å²) in [5.41, 5.74) is 1.31. The first-order chi connectivity index (χ1) is 18.5. The molecule has 2 heterocycles. The van der Waals surface area contributed by atoms with E-state index in [4.69, 9.17) is 18.9 Å². The average molecular weight is 523 g/mol. The number of ether oxygens (including phenoxy) is 4. The lowest BCUT2D eigenvalue weighted by Crippen LogP contribution is -2.34. The van der Waals surface area contributed by atoms with Gasteiger partial charge in [-0.25, -0.2) is 9.59 Å². The van der Waals surface area contributed by atoms with Crippen molar-refractivity contribution in [3.05, 3.63) is 36.4 Å². The lowest BCUT2D eigenvalue weighted by molar-refractivity contribution is -0.0720. The Morgan fingerprint density at radius 1 is 0.605 bits per heavy atom. The van der Waals surface area contributed by atoms with Gasteiger partial charge in [0.05, 0.1) is 0 Å². The molecule has 0 aromatic heterocycles. The fraction of sp³-hybridized carbons (Fsp3) is 0.500. The third-order valence-corrected chi connectivity index (χ3v) is 7.49. The molecule has 2 aromatic rings. The van der Waals surface area contributed by atoms with E-state index < -0.39 is 11.6 Å². The maximum absolute atomic E-state index is 12.3. The van der Waals surface area contributed by atoms with Crippen molar-refractivity contribution in [3.63, 3.8) is 0 Å². The van der Waals surface area contributed by atoms with Crippen molar-refractivity contribution < 1.29 is 28.5 Å². The van der Waals surface area contributed by atoms with Crippen LogP contribution in [0.4, 0.5) is 21.0 Å². The summed E-state index contributed by atoms with van der Waals surface area (Å²) in [5.74, 6) is 1.77. The second-order valence-electron chi connectivity index (χ2n) is 10.4. The SMILES string of the molecule is O=C(NCCCCNC(=O)Nc1ccc2c(c1)OC1(CCCC1)O2)Nc1ccc2c(c1)OC1(CCCC1)O2. The molecule has 4 aliphatic rings. The van der Waals surface area contributed by atoms with Crippen LogP contribution in [0.3, 0.4) is 0 Å². The van der Waals surface area contributed by atoms with E-state index >= 15 is 0 Å². The molecule has 2 saturated carbocycles. The molecule has 0 saturated heterocycles. The average Bonchev–Trinajstić information content (AvgIpc) is 3.68. The zero-order chi connectivity index (χ0) is 26.0. The topological polar surface area (TPSA) is 119 Å². The Hall–Kier alpha value is -3.82. The molecular formula is C28H34N4O6. The van der Waals surface area contributed by atoms with Crippen molar-refractivity contribution in [2.75, 3.05) is 23.7 Å². The number of carbonyl (C=O) groups excluding carboxylic acids is 2. The summed E-state index contributed by atoms with van der Waals surface area (Å²) in [6, 6.07) is 10.3. The Balaban J connectivity index is 0.865. The third-order valence-electron chi connectivity index (χ3n) is 7.49. The van der Waals surface area contributed by atoms with Crippen LogP contribution in [0.2, 0.25) is 0 Å². The van der Waals surface area contributed by atoms with E-state index in [0.29, 0.717) is 36.0 Å². The maximum atomic E-state index is 12.3. The highest BCUT2D eigenvalue weighted by Gasteiger charge is 2.45. The Morgan fingerprint density at radius 2 is 1.00 bits per heavy atom. The standard InChI is InChI=1S/C28H34N4O6/c33-25(31-19-7-9-21-23(17-19)37-27(35-21)11-1-2-12-27)29-15-5-6-16-30-26(34)32-20-8-10-22-24(18-20)38-28(36-22)13-3-4-14-28/h7-10,17-18H,1-6,11-16H2,(H2,29,31,33)(H2,30,32,34). The first-order valence-electron chi connectivity index (χ1n) is 13.6. The lowest BCUT2D eigenvalue weighted by atomic mass is 10.2. The van der Waals surface area contributed by atoms with E-state index in [1.807, 2.05) is 24.3 Å². The molecular weight excluding hydrogens is 488 g/mol. The minimum atomic E-state index is -0.517. The third kappa shape index (κ3) is 5.25. The normalized spacial score (nSPS) is 19.1. The Kier molecular flexibility index (Phi) is 6.55. The fourth-order valence-electron chi connectivity index (χ4n) is 5.58. The number of anilines is 2. The Morgan fingerprint density at radius 3 is 1.42 bits per heavy atom. The van der Waals surface area contributed by atoms with Gasteiger partial charge in [-0.2, -0.15) is 0 Å². The predicted octanol–water partition coefficient (Wildman–Crippen LogP) is 5.49. The second-order valence-corrected chi connectivity index (χ2v) is 10.4. The van der Waals surface area contributed by atoms with Gasteiger partial charge in [-0.15, -0.1) is 0 Å². The molecule has 10 heteroatoms. The van der Waals surface area contributed by atoms with Crippen LogP contribution in [-0.2, 0) is 0 Å². The van der Waals surface area contributed by atoms with E-state index in [-0.39, 0.29) is 12.1 Å². The molecule has 0 unspecified atom stereocenters. The van der Waals surface area contributed by atoms with Crippen molar-refractivity contribution in [2.24, 2.45) is 0 Å². The van der Waals surface area contributed by atoms with Crippen LogP contribution in [0.1, 0.15) is 64.2 Å². The summed E-state index contributed by atoms with van der Waals surface area (Å²) in [6.07, 6.45) is 9.41. The van der Waals surface area contributed by atoms with Gasteiger partial charge in [0.2, 0.25) is 0 Å². The molecule has 4 amide bonds. The van der Waals surface area contributed by atoms with Gasteiger partial charge in [0, 0.05) is 62.3 Å². The number of carbonyl (C=O) groups is 2. The summed E-state index contributed by atoms with van der Waals surface area (Å²) >= 11 is 0. The summed E-state index contributed by atoms with van der Waals surface area (Å²) < 4.78 is 24.1. The summed E-state index contributed by atoms with van der Waals surface area (Å²) in [5, 5.41) is 11.4. The van der Waals surface area contributed by atoms with Gasteiger partial charge in [-0.05, 0) is 62.8 Å². The van der Waals surface area contributed by atoms with Crippen LogP contribution < -0.4 is 40.2 Å². The number of benzene rings is 2. The van der Waals surface area contributed by atoms with Crippen LogP contribution in [0.15, 0.2) is 36.4 Å². The number of rotatable bonds is 7. The van der Waals surface area contributed by atoms with Gasteiger partial charge in [0.25, 0.3) is 11.6 Å². The van der Waals surface area contributed by atoms with Gasteiger partial charge in [-0.3, -0.25) is 0 Å². The molecule has 202 valence electrons. The zero-order valence-electron chi connectivity index (χ0n) is 21.4. The van der Waals surface area contributed by atoms with E-state index in [9.17, 15) is 9.59 Å². The minimum absolute atomic E-state index is 0.285. The van der Waals surface area contributed by atoms with Gasteiger partial charge < -0.3 is 40.2 Å². The minimum Gasteiger partial charge on any atom is -0.448 e. The number of urea groups is 2. The van der Waals surface area contributed by atoms with Crippen LogP contribution in [0.5, 0.6) is 23.0 Å². The summed E-state index contributed by atoms with van der Waals surface area (Å²) in [7, 11) is 0. The highest BCUT2D eigenvalue weighted by atomic mass is 16.7. The molecule has 4 N–H and O–H groups in total. The largest absolute Gasteiger partial charge is 0.448 e. The van der Waals surface area contributed by atoms with E-state index in [1.54, 1.807) is 12.1 Å². The maximum Gasteiger partial charge on any atom is 0.319 e. The van der Waals surface area contributed by atoms with E-state index in [0.717, 1.165) is 75.7 Å². The number of hydrogen-bond donors (Lipinski definition) is 4. The molecule has 0 bridgehead atoms. The summed E-state index contributed by atoms with van der Waals surface area (Å²) in [6.45, 7) is 0.986. The molecule has 0 radical (unpaired) electrons. The van der Waals surface area contributed by atoms with Crippen LogP contribution in [0, 0.1) is 0 Å². The van der Waals surface area contributed by atoms with Gasteiger partial charge in [0.15, 0.2) is 23.0 Å². The molecule has 2 aliphatic carbocycles. The van der Waals surface area contributed by atoms with Gasteiger partial charge in [-0.1, -0.05) is 0 Å². The van der Waals surface area contributed by atoms with Crippen molar-refractivity contribution >= 4 is 23.4 Å². The predicted molar refractivity (Wildman–Crippen MR) is 141 cm³/mol. The first kappa shape index (κ1) is 24.5. The molecule has 0 atom stereocenters. The highest BCUT2D eigenvalue weighted by Crippen LogP contribution is 2.48. The summed E-state index contributed by atoms with van der Waals surface area (Å²) in [4.78, 5) is 24.6. The van der Waals surface area contributed by atoms with Crippen molar-refractivity contribution in [3.8, 4) is 23.0 Å². The van der Waals surface area contributed by atoms with Crippen LogP contribution >= 0.6 is 0 Å². The Bertz CT molecular complexity index is 1110. The van der Waals surface area contributed by atoms with Gasteiger partial charge >= 0.3 is 12.1 Å². The van der Waals surface area contributed by atoms with Crippen molar-refractivity contribution in [1.82, 2.24) is 10.6 Å². The molecule has 2 aromatic carbocycles. The van der Waals surface area contributed by atoms with Crippen LogP contribution in [-0.4, -0.2) is 36.7 Å². The molecule has 2 spiro atoms. The lowest BCUT2D eigenvalue weighted by Gasteiger charge is -2.21. The first-order valence-corrected chi connectivity index (χ1v) is 13.6. The number of unbranched alkanes of at least 4 members (excludes halogenated alkanes) is 1. The number of amides is 4. The number of hydrogen-bond acceptors (Lipinski definition) is 6. The number of fused-ring (bicyclic) bond motifs is 2. The van der Waals surface area contributed by atoms with E-state index in [2.05, 4.69) is 21.3 Å². The zero-order valence-corrected chi connectivity index (χ0v) is 21.4. The molecule has 2 fully saturated rings. The van der Waals surface area contributed by atoms with Crippen LogP contribution in [0.25, 0.3) is 0 Å². The van der Waals surface area contributed by atoms with Crippen molar-refractivity contribution in [2.45, 2.75) is 75.8 Å². The second kappa shape index (κ2) is 10.2. The van der Waals surface area contributed by atoms with Crippen molar-refractivity contribution in [1.29, 1.82) is 0 Å². The number of nitrogens with one attached hydrogen (secondary N) is 4. The smallest absolute Gasteiger partial charge is 0.319 e. The molecule has 2 aliphatic heterocycles.